The van der Waals surface area contributed by atoms with Crippen LogP contribution >= 0.6 is 0 Å². The monoisotopic (exact) mass is 269 g/mol. The summed E-state index contributed by atoms with van der Waals surface area (Å²) in [7, 11) is 0. The Balaban J connectivity index is 2.02. The number of carbonyl (C=O) groups is 1. The van der Waals surface area contributed by atoms with Gasteiger partial charge in [0.15, 0.2) is 0 Å². The molecule has 0 aromatic carbocycles. The molecule has 1 atom stereocenters. The Morgan fingerprint density at radius 1 is 1.47 bits per heavy atom. The number of rotatable bonds is 5. The van der Waals surface area contributed by atoms with E-state index in [9.17, 15) is 4.79 Å². The molecule has 2 aliphatic rings. The zero-order chi connectivity index (χ0) is 13.7. The van der Waals surface area contributed by atoms with Crippen molar-refractivity contribution in [2.24, 2.45) is 5.73 Å². The Morgan fingerprint density at radius 3 is 2.74 bits per heavy atom. The van der Waals surface area contributed by atoms with Crippen molar-refractivity contribution in [1.82, 2.24) is 10.2 Å². The fourth-order valence-corrected chi connectivity index (χ4v) is 3.30. The van der Waals surface area contributed by atoms with Crippen molar-refractivity contribution in [3.8, 4) is 0 Å². The van der Waals surface area contributed by atoms with E-state index >= 15 is 0 Å². The summed E-state index contributed by atoms with van der Waals surface area (Å²) >= 11 is 0. The lowest BCUT2D eigenvalue weighted by Crippen LogP contribution is -2.59. The van der Waals surface area contributed by atoms with E-state index in [1.54, 1.807) is 0 Å². The third kappa shape index (κ3) is 3.20. The van der Waals surface area contributed by atoms with Crippen LogP contribution in [0.2, 0.25) is 0 Å². The van der Waals surface area contributed by atoms with Gasteiger partial charge in [0.2, 0.25) is 0 Å². The van der Waals surface area contributed by atoms with Gasteiger partial charge in [-0.3, -0.25) is 0 Å². The van der Waals surface area contributed by atoms with Crippen molar-refractivity contribution in [2.75, 3.05) is 26.3 Å². The number of ether oxygens (including phenoxy) is 1. The van der Waals surface area contributed by atoms with Crippen LogP contribution < -0.4 is 11.1 Å². The molecule has 2 rings (SSSR count). The molecule has 19 heavy (non-hydrogen) atoms. The minimum Gasteiger partial charge on any atom is -0.379 e. The quantitative estimate of drug-likeness (QED) is 0.794. The molecule has 1 heterocycles. The van der Waals surface area contributed by atoms with Crippen molar-refractivity contribution in [3.05, 3.63) is 0 Å². The number of nitrogens with one attached hydrogen (secondary N) is 1. The number of hydrogen-bond donors (Lipinski definition) is 2. The third-order valence-corrected chi connectivity index (χ3v) is 4.44. The van der Waals surface area contributed by atoms with Crippen molar-refractivity contribution >= 4 is 6.03 Å². The van der Waals surface area contributed by atoms with Crippen LogP contribution in [0.15, 0.2) is 0 Å². The Morgan fingerprint density at radius 2 is 2.21 bits per heavy atom. The van der Waals surface area contributed by atoms with Gasteiger partial charge in [-0.1, -0.05) is 19.8 Å². The van der Waals surface area contributed by atoms with E-state index in [1.807, 2.05) is 4.90 Å². The molecule has 110 valence electrons. The van der Waals surface area contributed by atoms with Gasteiger partial charge in [-0.15, -0.1) is 0 Å². The van der Waals surface area contributed by atoms with Crippen LogP contribution in [0.1, 0.15) is 45.4 Å². The molecule has 1 aliphatic heterocycles. The maximum atomic E-state index is 12.5. The summed E-state index contributed by atoms with van der Waals surface area (Å²) in [4.78, 5) is 14.5. The number of carbonyl (C=O) groups excluding carboxylic acids is 1. The first-order chi connectivity index (χ1) is 9.22. The van der Waals surface area contributed by atoms with Crippen LogP contribution in [-0.2, 0) is 4.74 Å². The van der Waals surface area contributed by atoms with Gasteiger partial charge in [0.05, 0.1) is 18.2 Å². The smallest absolute Gasteiger partial charge is 0.318 e. The van der Waals surface area contributed by atoms with E-state index in [0.717, 1.165) is 38.8 Å². The molecule has 0 aromatic rings. The van der Waals surface area contributed by atoms with Crippen LogP contribution in [0.4, 0.5) is 4.79 Å². The number of nitrogens with zero attached hydrogens (tertiary/aromatic N) is 1. The number of urea groups is 1. The maximum Gasteiger partial charge on any atom is 0.318 e. The zero-order valence-corrected chi connectivity index (χ0v) is 12.0. The van der Waals surface area contributed by atoms with Gasteiger partial charge in [0.25, 0.3) is 0 Å². The largest absolute Gasteiger partial charge is 0.379 e. The topological polar surface area (TPSA) is 67.6 Å². The molecule has 2 fully saturated rings. The van der Waals surface area contributed by atoms with E-state index in [0.29, 0.717) is 13.2 Å². The van der Waals surface area contributed by atoms with E-state index < -0.39 is 0 Å². The summed E-state index contributed by atoms with van der Waals surface area (Å²) in [5.41, 5.74) is 5.89. The molecular formula is C14H27N3O2. The van der Waals surface area contributed by atoms with Crippen molar-refractivity contribution in [1.29, 1.82) is 0 Å². The van der Waals surface area contributed by atoms with Crippen molar-refractivity contribution < 1.29 is 9.53 Å². The van der Waals surface area contributed by atoms with Gasteiger partial charge in [-0.25, -0.2) is 4.79 Å². The van der Waals surface area contributed by atoms with Gasteiger partial charge in [0, 0.05) is 19.7 Å². The summed E-state index contributed by atoms with van der Waals surface area (Å²) in [6.07, 6.45) is 6.32. The predicted octanol–water partition coefficient (Wildman–Crippen LogP) is 1.47. The average Bonchev–Trinajstić information content (AvgIpc) is 3.07. The summed E-state index contributed by atoms with van der Waals surface area (Å²) in [5.74, 6) is 0. The summed E-state index contributed by atoms with van der Waals surface area (Å²) in [6, 6.07) is 0.216. The molecule has 0 spiro atoms. The van der Waals surface area contributed by atoms with E-state index in [4.69, 9.17) is 10.5 Å². The third-order valence-electron chi connectivity index (χ3n) is 4.44. The van der Waals surface area contributed by atoms with Gasteiger partial charge < -0.3 is 20.7 Å². The molecule has 0 aromatic heterocycles. The summed E-state index contributed by atoms with van der Waals surface area (Å²) in [6.45, 7) is 4.86. The first kappa shape index (κ1) is 14.6. The Kier molecular flexibility index (Phi) is 5.05. The van der Waals surface area contributed by atoms with Crippen molar-refractivity contribution in [2.45, 2.75) is 57.0 Å². The second-order valence-electron chi connectivity index (χ2n) is 5.80. The first-order valence-corrected chi connectivity index (χ1v) is 7.58. The highest BCUT2D eigenvalue weighted by Gasteiger charge is 2.41. The van der Waals surface area contributed by atoms with Gasteiger partial charge >= 0.3 is 6.03 Å². The van der Waals surface area contributed by atoms with E-state index in [1.165, 1.54) is 12.8 Å². The van der Waals surface area contributed by atoms with E-state index in [2.05, 4.69) is 12.2 Å². The lowest BCUT2D eigenvalue weighted by molar-refractivity contribution is 0.115. The van der Waals surface area contributed by atoms with Gasteiger partial charge in [0.1, 0.15) is 0 Å². The zero-order valence-electron chi connectivity index (χ0n) is 12.0. The van der Waals surface area contributed by atoms with Gasteiger partial charge in [-0.05, 0) is 25.7 Å². The fourth-order valence-electron chi connectivity index (χ4n) is 3.30. The minimum atomic E-state index is -0.112. The lowest BCUT2D eigenvalue weighted by Gasteiger charge is -2.41. The summed E-state index contributed by atoms with van der Waals surface area (Å²) < 4.78 is 5.32. The molecule has 1 aliphatic carbocycles. The molecular weight excluding hydrogens is 242 g/mol. The van der Waals surface area contributed by atoms with Gasteiger partial charge in [-0.2, -0.15) is 0 Å². The van der Waals surface area contributed by atoms with Crippen LogP contribution in [-0.4, -0.2) is 48.8 Å². The molecule has 1 unspecified atom stereocenters. The number of amides is 2. The highest BCUT2D eigenvalue weighted by Crippen LogP contribution is 2.34. The lowest BCUT2D eigenvalue weighted by atomic mass is 9.95. The second-order valence-corrected chi connectivity index (χ2v) is 5.80. The molecule has 5 nitrogen and oxygen atoms in total. The standard InChI is InChI=1S/C14H27N3O2/c1-2-8-17(14(11-15)6-3-4-7-14)13(18)16-12-5-9-19-10-12/h12H,2-11,15H2,1H3,(H,16,18). The molecule has 0 radical (unpaired) electrons. The van der Waals surface area contributed by atoms with E-state index in [-0.39, 0.29) is 17.6 Å². The normalized spacial score (nSPS) is 25.5. The van der Waals surface area contributed by atoms with Crippen LogP contribution in [0.5, 0.6) is 0 Å². The van der Waals surface area contributed by atoms with Crippen LogP contribution in [0.3, 0.4) is 0 Å². The first-order valence-electron chi connectivity index (χ1n) is 7.58. The maximum absolute atomic E-state index is 12.5. The second kappa shape index (κ2) is 6.57. The molecule has 1 saturated carbocycles. The Bertz CT molecular complexity index is 297. The minimum absolute atomic E-state index is 0.0460. The molecule has 2 amide bonds. The number of hydrogen-bond acceptors (Lipinski definition) is 3. The Hall–Kier alpha value is -0.810. The summed E-state index contributed by atoms with van der Waals surface area (Å²) in [5, 5.41) is 3.11. The average molecular weight is 269 g/mol. The molecule has 0 bridgehead atoms. The highest BCUT2D eigenvalue weighted by atomic mass is 16.5. The predicted molar refractivity (Wildman–Crippen MR) is 75.0 cm³/mol. The molecule has 1 saturated heterocycles. The SMILES string of the molecule is CCCN(C(=O)NC1CCOC1)C1(CN)CCCC1. The Labute approximate surface area is 115 Å². The fraction of sp³-hybridized carbons (Fsp3) is 0.929. The highest BCUT2D eigenvalue weighted by molar-refractivity contribution is 5.75. The van der Waals surface area contributed by atoms with Crippen molar-refractivity contribution in [3.63, 3.8) is 0 Å². The molecule has 3 N–H and O–H groups in total. The number of nitrogens with two attached hydrogens (primary N) is 1. The van der Waals surface area contributed by atoms with Crippen LogP contribution in [0.25, 0.3) is 0 Å². The van der Waals surface area contributed by atoms with Crippen LogP contribution in [0, 0.1) is 0 Å². The molecule has 5 heteroatoms.